The van der Waals surface area contributed by atoms with Crippen molar-refractivity contribution in [2.45, 2.75) is 6.54 Å². The molecule has 3 aromatic rings. The van der Waals surface area contributed by atoms with Crippen LogP contribution in [0.3, 0.4) is 0 Å². The molecule has 0 saturated carbocycles. The van der Waals surface area contributed by atoms with Crippen LogP contribution in [0.2, 0.25) is 0 Å². The van der Waals surface area contributed by atoms with Crippen LogP contribution < -0.4 is 4.74 Å². The van der Waals surface area contributed by atoms with E-state index in [1.165, 1.54) is 5.56 Å². The van der Waals surface area contributed by atoms with E-state index in [0.29, 0.717) is 18.7 Å². The highest BCUT2D eigenvalue weighted by atomic mass is 16.5. The average molecular weight is 388 g/mol. The maximum absolute atomic E-state index is 12.6. The number of ether oxygens (including phenoxy) is 1. The van der Waals surface area contributed by atoms with Gasteiger partial charge in [-0.15, -0.1) is 0 Å². The summed E-state index contributed by atoms with van der Waals surface area (Å²) in [6.45, 7) is 3.87. The monoisotopic (exact) mass is 388 g/mol. The smallest absolute Gasteiger partial charge is 0.253 e. The third-order valence-corrected chi connectivity index (χ3v) is 5.06. The minimum absolute atomic E-state index is 0.0166. The first-order valence-corrected chi connectivity index (χ1v) is 9.80. The fraction of sp³-hybridized carbons (Fsp3) is 0.208. The lowest BCUT2D eigenvalue weighted by atomic mass is 10.1. The minimum atomic E-state index is 0.0166. The summed E-state index contributed by atoms with van der Waals surface area (Å²) in [5.74, 6) is 1.84. The van der Waals surface area contributed by atoms with Crippen LogP contribution in [0.25, 0.3) is 0 Å². The van der Waals surface area contributed by atoms with Gasteiger partial charge in [0.05, 0.1) is 0 Å². The van der Waals surface area contributed by atoms with E-state index in [1.807, 2.05) is 47.4 Å². The molecular formula is C24H24N2O3. The number of nitrogens with zero attached hydrogens (tertiary/aromatic N) is 2. The van der Waals surface area contributed by atoms with Crippen LogP contribution in [0.1, 0.15) is 15.9 Å². The summed E-state index contributed by atoms with van der Waals surface area (Å²) in [6, 6.07) is 24.3. The molecule has 1 heterocycles. The van der Waals surface area contributed by atoms with E-state index in [4.69, 9.17) is 4.74 Å². The van der Waals surface area contributed by atoms with Gasteiger partial charge < -0.3 is 14.7 Å². The number of carbonyl (C=O) groups excluding carboxylic acids is 1. The highest BCUT2D eigenvalue weighted by Gasteiger charge is 2.22. The lowest BCUT2D eigenvalue weighted by molar-refractivity contribution is 0.0628. The Morgan fingerprint density at radius 1 is 0.828 bits per heavy atom. The molecule has 3 aromatic carbocycles. The second-order valence-electron chi connectivity index (χ2n) is 7.18. The summed E-state index contributed by atoms with van der Waals surface area (Å²) < 4.78 is 5.92. The predicted octanol–water partition coefficient (Wildman–Crippen LogP) is 4.14. The molecule has 0 atom stereocenters. The Labute approximate surface area is 170 Å². The number of phenolic OH excluding ortho intramolecular Hbond substituents is 1. The molecule has 4 rings (SSSR count). The van der Waals surface area contributed by atoms with E-state index in [2.05, 4.69) is 17.0 Å². The first-order chi connectivity index (χ1) is 14.2. The molecule has 1 saturated heterocycles. The Hall–Kier alpha value is -3.31. The van der Waals surface area contributed by atoms with E-state index in [1.54, 1.807) is 24.3 Å². The van der Waals surface area contributed by atoms with Gasteiger partial charge in [0.1, 0.15) is 17.2 Å². The van der Waals surface area contributed by atoms with E-state index >= 15 is 0 Å². The van der Waals surface area contributed by atoms with Crippen molar-refractivity contribution in [1.29, 1.82) is 0 Å². The Balaban J connectivity index is 1.32. The average Bonchev–Trinajstić information content (AvgIpc) is 2.75. The van der Waals surface area contributed by atoms with Gasteiger partial charge in [0.15, 0.2) is 0 Å². The van der Waals surface area contributed by atoms with Crippen LogP contribution in [-0.4, -0.2) is 47.0 Å². The number of carbonyl (C=O) groups is 1. The second-order valence-corrected chi connectivity index (χ2v) is 7.18. The van der Waals surface area contributed by atoms with Crippen molar-refractivity contribution in [1.82, 2.24) is 9.80 Å². The van der Waals surface area contributed by atoms with Crippen LogP contribution >= 0.6 is 0 Å². The number of phenols is 1. The topological polar surface area (TPSA) is 53.0 Å². The maximum Gasteiger partial charge on any atom is 0.253 e. The van der Waals surface area contributed by atoms with Gasteiger partial charge in [-0.3, -0.25) is 9.69 Å². The summed E-state index contributed by atoms with van der Waals surface area (Å²) in [5.41, 5.74) is 1.80. The molecule has 1 N–H and O–H groups in total. The first-order valence-electron chi connectivity index (χ1n) is 9.80. The van der Waals surface area contributed by atoms with E-state index in [9.17, 15) is 9.90 Å². The largest absolute Gasteiger partial charge is 0.508 e. The third kappa shape index (κ3) is 4.95. The highest BCUT2D eigenvalue weighted by Crippen LogP contribution is 2.23. The van der Waals surface area contributed by atoms with Crippen molar-refractivity contribution in [3.63, 3.8) is 0 Å². The predicted molar refractivity (Wildman–Crippen MR) is 112 cm³/mol. The van der Waals surface area contributed by atoms with Crippen LogP contribution in [0.4, 0.5) is 0 Å². The Morgan fingerprint density at radius 3 is 2.24 bits per heavy atom. The molecule has 5 nitrogen and oxygen atoms in total. The van der Waals surface area contributed by atoms with Crippen LogP contribution in [0.15, 0.2) is 78.9 Å². The Morgan fingerprint density at radius 2 is 1.52 bits per heavy atom. The quantitative estimate of drug-likeness (QED) is 0.714. The lowest BCUT2D eigenvalue weighted by Crippen LogP contribution is -2.48. The second kappa shape index (κ2) is 8.80. The molecule has 1 aliphatic rings. The number of hydrogen-bond acceptors (Lipinski definition) is 4. The van der Waals surface area contributed by atoms with E-state index in [0.717, 1.165) is 31.1 Å². The number of rotatable bonds is 5. The molecule has 1 aliphatic heterocycles. The van der Waals surface area contributed by atoms with Crippen LogP contribution in [0.5, 0.6) is 17.2 Å². The number of para-hydroxylation sites is 1. The van der Waals surface area contributed by atoms with Crippen molar-refractivity contribution < 1.29 is 14.6 Å². The van der Waals surface area contributed by atoms with Crippen molar-refractivity contribution in [3.05, 3.63) is 90.0 Å². The van der Waals surface area contributed by atoms with Gasteiger partial charge >= 0.3 is 0 Å². The highest BCUT2D eigenvalue weighted by molar-refractivity contribution is 5.94. The fourth-order valence-corrected chi connectivity index (χ4v) is 3.49. The molecule has 0 radical (unpaired) electrons. The summed E-state index contributed by atoms with van der Waals surface area (Å²) >= 11 is 0. The molecule has 0 aliphatic carbocycles. The molecule has 1 fully saturated rings. The molecule has 0 spiro atoms. The summed E-state index contributed by atoms with van der Waals surface area (Å²) in [7, 11) is 0. The van der Waals surface area contributed by atoms with Crippen LogP contribution in [-0.2, 0) is 6.54 Å². The maximum atomic E-state index is 12.6. The molecule has 29 heavy (non-hydrogen) atoms. The normalized spacial score (nSPS) is 14.6. The fourth-order valence-electron chi connectivity index (χ4n) is 3.49. The number of benzene rings is 3. The summed E-state index contributed by atoms with van der Waals surface area (Å²) in [4.78, 5) is 16.8. The molecule has 148 valence electrons. The molecule has 5 heteroatoms. The first kappa shape index (κ1) is 19.0. The Bertz CT molecular complexity index is 949. The lowest BCUT2D eigenvalue weighted by Gasteiger charge is -2.34. The number of hydrogen-bond donors (Lipinski definition) is 1. The molecule has 0 aromatic heterocycles. The summed E-state index contributed by atoms with van der Waals surface area (Å²) in [5, 5.41) is 9.39. The SMILES string of the molecule is O=C(c1ccc(O)cc1)N1CCN(Cc2cccc(Oc3ccccc3)c2)CC1. The molecule has 0 unspecified atom stereocenters. The zero-order valence-corrected chi connectivity index (χ0v) is 16.2. The molecular weight excluding hydrogens is 364 g/mol. The van der Waals surface area contributed by atoms with Gasteiger partial charge in [-0.05, 0) is 54.1 Å². The van der Waals surface area contributed by atoms with Crippen molar-refractivity contribution >= 4 is 5.91 Å². The zero-order chi connectivity index (χ0) is 20.1. The van der Waals surface area contributed by atoms with E-state index < -0.39 is 0 Å². The van der Waals surface area contributed by atoms with Gasteiger partial charge in [0.2, 0.25) is 0 Å². The number of aromatic hydroxyl groups is 1. The van der Waals surface area contributed by atoms with Gasteiger partial charge in [-0.1, -0.05) is 30.3 Å². The van der Waals surface area contributed by atoms with Crippen LogP contribution in [0, 0.1) is 0 Å². The third-order valence-electron chi connectivity index (χ3n) is 5.06. The van der Waals surface area contributed by atoms with Gasteiger partial charge in [-0.2, -0.15) is 0 Å². The van der Waals surface area contributed by atoms with Crippen molar-refractivity contribution in [2.24, 2.45) is 0 Å². The number of amides is 1. The van der Waals surface area contributed by atoms with Gasteiger partial charge in [0, 0.05) is 38.3 Å². The minimum Gasteiger partial charge on any atom is -0.508 e. The molecule has 0 bridgehead atoms. The number of piperazine rings is 1. The Kier molecular flexibility index (Phi) is 5.77. The van der Waals surface area contributed by atoms with Gasteiger partial charge in [-0.25, -0.2) is 0 Å². The van der Waals surface area contributed by atoms with E-state index in [-0.39, 0.29) is 11.7 Å². The zero-order valence-electron chi connectivity index (χ0n) is 16.2. The van der Waals surface area contributed by atoms with Gasteiger partial charge in [0.25, 0.3) is 5.91 Å². The standard InChI is InChI=1S/C24H24N2O3/c27-21-11-9-20(10-12-21)24(28)26-15-13-25(14-16-26)18-19-5-4-8-23(17-19)29-22-6-2-1-3-7-22/h1-12,17,27H,13-16,18H2. The summed E-state index contributed by atoms with van der Waals surface area (Å²) in [6.07, 6.45) is 0. The van der Waals surface area contributed by atoms with Crippen molar-refractivity contribution in [2.75, 3.05) is 26.2 Å². The molecule has 1 amide bonds. The van der Waals surface area contributed by atoms with Crippen molar-refractivity contribution in [3.8, 4) is 17.2 Å².